The predicted octanol–water partition coefficient (Wildman–Crippen LogP) is 2.01. The average molecular weight is 314 g/mol. The second-order valence-electron chi connectivity index (χ2n) is 5.04. The second-order valence-corrected chi connectivity index (χ2v) is 5.90. The van der Waals surface area contributed by atoms with Crippen molar-refractivity contribution in [1.82, 2.24) is 14.9 Å². The number of rotatable bonds is 3. The smallest absolute Gasteiger partial charge is 0.265 e. The lowest BCUT2D eigenvalue weighted by molar-refractivity contribution is 0.0775. The molecular formula is C15H14N4O2S. The van der Waals surface area contributed by atoms with Crippen LogP contribution < -0.4 is 4.74 Å². The van der Waals surface area contributed by atoms with Crippen LogP contribution in [0.15, 0.2) is 23.8 Å². The Kier molecular flexibility index (Phi) is 4.02. The summed E-state index contributed by atoms with van der Waals surface area (Å²) in [6.07, 6.45) is 2.20. The highest BCUT2D eigenvalue weighted by Gasteiger charge is 2.30. The van der Waals surface area contributed by atoms with Crippen molar-refractivity contribution in [3.63, 3.8) is 0 Å². The summed E-state index contributed by atoms with van der Waals surface area (Å²) in [5.41, 5.74) is 2.96. The van der Waals surface area contributed by atoms with Gasteiger partial charge in [-0.3, -0.25) is 4.79 Å². The van der Waals surface area contributed by atoms with Gasteiger partial charge in [-0.2, -0.15) is 5.26 Å². The van der Waals surface area contributed by atoms with E-state index in [1.165, 1.54) is 11.3 Å². The average Bonchev–Trinajstić information content (AvgIpc) is 3.16. The first-order valence-corrected chi connectivity index (χ1v) is 7.77. The second kappa shape index (κ2) is 6.12. The fourth-order valence-electron chi connectivity index (χ4n) is 2.37. The molecule has 1 amide bonds. The number of nitrogens with zero attached hydrogens (tertiary/aromatic N) is 4. The molecule has 0 aromatic carbocycles. The quantitative estimate of drug-likeness (QED) is 0.866. The Balaban J connectivity index is 1.64. The number of hydrogen-bond donors (Lipinski definition) is 0. The number of aryl methyl sites for hydroxylation is 1. The first kappa shape index (κ1) is 14.5. The number of hydrogen-bond acceptors (Lipinski definition) is 6. The maximum atomic E-state index is 12.4. The van der Waals surface area contributed by atoms with Crippen LogP contribution in [0.1, 0.15) is 27.3 Å². The van der Waals surface area contributed by atoms with Crippen molar-refractivity contribution in [3.8, 4) is 11.9 Å². The lowest BCUT2D eigenvalue weighted by atomic mass is 10.3. The molecule has 0 spiro atoms. The predicted molar refractivity (Wildman–Crippen MR) is 80.7 cm³/mol. The van der Waals surface area contributed by atoms with E-state index in [-0.39, 0.29) is 12.0 Å². The van der Waals surface area contributed by atoms with E-state index in [0.717, 1.165) is 12.1 Å². The number of likely N-dealkylation sites (tertiary alicyclic amines) is 1. The minimum Gasteiger partial charge on any atom is -0.472 e. The number of aromatic nitrogens is 2. The summed E-state index contributed by atoms with van der Waals surface area (Å²) in [5.74, 6) is 0.428. The van der Waals surface area contributed by atoms with Crippen LogP contribution in [0.5, 0.6) is 5.88 Å². The largest absolute Gasteiger partial charge is 0.472 e. The lowest BCUT2D eigenvalue weighted by Gasteiger charge is -2.16. The monoisotopic (exact) mass is 314 g/mol. The zero-order chi connectivity index (χ0) is 15.5. The maximum absolute atomic E-state index is 12.4. The summed E-state index contributed by atoms with van der Waals surface area (Å²) in [7, 11) is 0. The Morgan fingerprint density at radius 3 is 3.14 bits per heavy atom. The third kappa shape index (κ3) is 2.92. The Hall–Kier alpha value is -2.46. The topological polar surface area (TPSA) is 79.1 Å². The van der Waals surface area contributed by atoms with Crippen LogP contribution in [0.3, 0.4) is 0 Å². The van der Waals surface area contributed by atoms with E-state index in [9.17, 15) is 4.79 Å². The van der Waals surface area contributed by atoms with Gasteiger partial charge in [-0.15, -0.1) is 11.3 Å². The zero-order valence-corrected chi connectivity index (χ0v) is 12.8. The third-order valence-electron chi connectivity index (χ3n) is 3.52. The minimum absolute atomic E-state index is 0.00448. The molecular weight excluding hydrogens is 300 g/mol. The van der Waals surface area contributed by atoms with Crippen molar-refractivity contribution in [1.29, 1.82) is 5.26 Å². The molecule has 1 atom stereocenters. The molecule has 3 rings (SSSR count). The number of carbonyl (C=O) groups is 1. The van der Waals surface area contributed by atoms with Gasteiger partial charge < -0.3 is 9.64 Å². The van der Waals surface area contributed by atoms with Gasteiger partial charge in [0.2, 0.25) is 5.88 Å². The number of thiazole rings is 1. The van der Waals surface area contributed by atoms with Crippen LogP contribution in [0.2, 0.25) is 0 Å². The van der Waals surface area contributed by atoms with Gasteiger partial charge in [-0.1, -0.05) is 0 Å². The van der Waals surface area contributed by atoms with Gasteiger partial charge in [0.1, 0.15) is 11.0 Å². The van der Waals surface area contributed by atoms with Crippen LogP contribution in [0.4, 0.5) is 0 Å². The summed E-state index contributed by atoms with van der Waals surface area (Å²) in [6.45, 7) is 3.01. The molecule has 0 radical (unpaired) electrons. The molecule has 1 aliphatic rings. The molecule has 6 nitrogen and oxygen atoms in total. The number of ether oxygens (including phenoxy) is 1. The standard InChI is InChI=1S/C15H14N4O2S/c1-10-14(22-9-18-10)15(20)19-5-3-12(8-19)21-13-6-11(7-16)2-4-17-13/h2,4,6,9,12H,3,5,8H2,1H3. The molecule has 2 aromatic heterocycles. The van der Waals surface area contributed by atoms with E-state index in [1.54, 1.807) is 28.7 Å². The van der Waals surface area contributed by atoms with Crippen molar-refractivity contribution >= 4 is 17.2 Å². The number of carbonyl (C=O) groups excluding carboxylic acids is 1. The van der Waals surface area contributed by atoms with Crippen LogP contribution in [0, 0.1) is 18.3 Å². The van der Waals surface area contributed by atoms with Crippen LogP contribution in [-0.4, -0.2) is 40.0 Å². The van der Waals surface area contributed by atoms with Crippen LogP contribution >= 0.6 is 11.3 Å². The molecule has 0 bridgehead atoms. The molecule has 1 aliphatic heterocycles. The first-order chi connectivity index (χ1) is 10.7. The summed E-state index contributed by atoms with van der Waals surface area (Å²) in [6, 6.07) is 5.29. The van der Waals surface area contributed by atoms with E-state index in [1.807, 2.05) is 6.92 Å². The van der Waals surface area contributed by atoms with Crippen molar-refractivity contribution in [2.75, 3.05) is 13.1 Å². The minimum atomic E-state index is -0.0985. The molecule has 1 fully saturated rings. The highest BCUT2D eigenvalue weighted by molar-refractivity contribution is 7.11. The van der Waals surface area contributed by atoms with E-state index < -0.39 is 0 Å². The Labute approximate surface area is 132 Å². The number of nitriles is 1. The fraction of sp³-hybridized carbons (Fsp3) is 0.333. The van der Waals surface area contributed by atoms with Gasteiger partial charge in [-0.25, -0.2) is 9.97 Å². The van der Waals surface area contributed by atoms with E-state index in [4.69, 9.17) is 10.00 Å². The van der Waals surface area contributed by atoms with Crippen molar-refractivity contribution < 1.29 is 9.53 Å². The van der Waals surface area contributed by atoms with E-state index in [2.05, 4.69) is 16.0 Å². The summed E-state index contributed by atoms with van der Waals surface area (Å²) in [5, 5.41) is 8.88. The normalized spacial score (nSPS) is 17.3. The molecule has 0 saturated carbocycles. The molecule has 7 heteroatoms. The SMILES string of the molecule is Cc1ncsc1C(=O)N1CCC(Oc2cc(C#N)ccn2)C1. The molecule has 2 aromatic rings. The maximum Gasteiger partial charge on any atom is 0.265 e. The Bertz CT molecular complexity index is 737. The van der Waals surface area contributed by atoms with Crippen molar-refractivity contribution in [2.45, 2.75) is 19.4 Å². The highest BCUT2D eigenvalue weighted by Crippen LogP contribution is 2.21. The van der Waals surface area contributed by atoms with Crippen LogP contribution in [-0.2, 0) is 0 Å². The summed E-state index contributed by atoms with van der Waals surface area (Å²) >= 11 is 1.36. The zero-order valence-electron chi connectivity index (χ0n) is 12.0. The van der Waals surface area contributed by atoms with E-state index >= 15 is 0 Å². The van der Waals surface area contributed by atoms with Gasteiger partial charge >= 0.3 is 0 Å². The number of pyridine rings is 1. The molecule has 112 valence electrons. The van der Waals surface area contributed by atoms with Crippen molar-refractivity contribution in [3.05, 3.63) is 40.0 Å². The van der Waals surface area contributed by atoms with Gasteiger partial charge in [-0.05, 0) is 13.0 Å². The molecule has 0 aliphatic carbocycles. The highest BCUT2D eigenvalue weighted by atomic mass is 32.1. The van der Waals surface area contributed by atoms with Crippen LogP contribution in [0.25, 0.3) is 0 Å². The molecule has 22 heavy (non-hydrogen) atoms. The Morgan fingerprint density at radius 2 is 2.41 bits per heavy atom. The first-order valence-electron chi connectivity index (χ1n) is 6.89. The molecule has 1 saturated heterocycles. The third-order valence-corrected chi connectivity index (χ3v) is 4.44. The van der Waals surface area contributed by atoms with E-state index in [0.29, 0.717) is 29.4 Å². The van der Waals surface area contributed by atoms with Gasteiger partial charge in [0.15, 0.2) is 0 Å². The Morgan fingerprint density at radius 1 is 1.55 bits per heavy atom. The van der Waals surface area contributed by atoms with Crippen molar-refractivity contribution in [2.24, 2.45) is 0 Å². The lowest BCUT2D eigenvalue weighted by Crippen LogP contribution is -2.30. The molecule has 3 heterocycles. The van der Waals surface area contributed by atoms with Gasteiger partial charge in [0, 0.05) is 25.2 Å². The molecule has 0 N–H and O–H groups in total. The summed E-state index contributed by atoms with van der Waals surface area (Å²) in [4.78, 5) is 23.1. The van der Waals surface area contributed by atoms with Gasteiger partial charge in [0.05, 0.1) is 29.4 Å². The molecule has 1 unspecified atom stereocenters. The summed E-state index contributed by atoms with van der Waals surface area (Å²) < 4.78 is 5.78. The fourth-order valence-corrected chi connectivity index (χ4v) is 3.14. The van der Waals surface area contributed by atoms with Gasteiger partial charge in [0.25, 0.3) is 5.91 Å². The number of amides is 1.